The van der Waals surface area contributed by atoms with Crippen LogP contribution in [0.5, 0.6) is 0 Å². The van der Waals surface area contributed by atoms with Gasteiger partial charge in [0.05, 0.1) is 0 Å². The number of benzene rings is 2. The summed E-state index contributed by atoms with van der Waals surface area (Å²) in [4.78, 5) is 0. The molecule has 1 nitrogen and oxygen atoms in total. The molecule has 102 valence electrons. The maximum absolute atomic E-state index is 5.84. The Balaban J connectivity index is 0.00000180. The summed E-state index contributed by atoms with van der Waals surface area (Å²) in [6.45, 7) is 7.15. The van der Waals surface area contributed by atoms with Gasteiger partial charge in [0.25, 0.3) is 0 Å². The maximum atomic E-state index is 5.84. The fraction of sp³-hybridized carbons (Fsp3) is 0.294. The molecule has 0 saturated heterocycles. The molecule has 0 radical (unpaired) electrons. The normalized spacial score (nSPS) is 10.4. The highest BCUT2D eigenvalue weighted by Gasteiger charge is 2.06. The van der Waals surface area contributed by atoms with Gasteiger partial charge in [-0.3, -0.25) is 0 Å². The number of hydrogen-bond donors (Lipinski definition) is 1. The van der Waals surface area contributed by atoms with Gasteiger partial charge in [-0.05, 0) is 35.1 Å². The SMILES string of the molecule is Cc1ccc(CN)c(-c2cccc(C(C)C)c2)c1.Cl. The molecule has 0 aliphatic carbocycles. The van der Waals surface area contributed by atoms with E-state index < -0.39 is 0 Å². The summed E-state index contributed by atoms with van der Waals surface area (Å²) in [5.41, 5.74) is 12.2. The van der Waals surface area contributed by atoms with Crippen molar-refractivity contribution in [2.75, 3.05) is 0 Å². The summed E-state index contributed by atoms with van der Waals surface area (Å²) in [5, 5.41) is 0. The second kappa shape index (κ2) is 6.74. The van der Waals surface area contributed by atoms with Crippen molar-refractivity contribution in [3.05, 3.63) is 59.2 Å². The Morgan fingerprint density at radius 2 is 1.79 bits per heavy atom. The summed E-state index contributed by atoms with van der Waals surface area (Å²) in [5.74, 6) is 0.552. The van der Waals surface area contributed by atoms with Crippen molar-refractivity contribution in [2.45, 2.75) is 33.2 Å². The maximum Gasteiger partial charge on any atom is 0.0184 e. The van der Waals surface area contributed by atoms with Gasteiger partial charge in [-0.15, -0.1) is 12.4 Å². The summed E-state index contributed by atoms with van der Waals surface area (Å²) in [7, 11) is 0. The van der Waals surface area contributed by atoms with E-state index in [0.29, 0.717) is 12.5 Å². The molecule has 0 fully saturated rings. The average Bonchev–Trinajstić information content (AvgIpc) is 2.39. The van der Waals surface area contributed by atoms with Gasteiger partial charge in [0.2, 0.25) is 0 Å². The molecule has 2 aromatic carbocycles. The van der Waals surface area contributed by atoms with Crippen molar-refractivity contribution in [3.8, 4) is 11.1 Å². The van der Waals surface area contributed by atoms with Crippen LogP contribution < -0.4 is 5.73 Å². The lowest BCUT2D eigenvalue weighted by Crippen LogP contribution is -1.99. The Hall–Kier alpha value is -1.31. The van der Waals surface area contributed by atoms with Crippen molar-refractivity contribution in [2.24, 2.45) is 5.73 Å². The molecule has 0 saturated carbocycles. The van der Waals surface area contributed by atoms with Gasteiger partial charge in [0, 0.05) is 6.54 Å². The smallest absolute Gasteiger partial charge is 0.0184 e. The molecule has 0 unspecified atom stereocenters. The zero-order chi connectivity index (χ0) is 13.1. The molecular formula is C17H22ClN. The minimum absolute atomic E-state index is 0. The molecule has 0 amide bonds. The average molecular weight is 276 g/mol. The standard InChI is InChI=1S/C17H21N.ClH/c1-12(2)14-5-4-6-15(10-14)17-9-13(3)7-8-16(17)11-18;/h4-10,12H,11,18H2,1-3H3;1H. The zero-order valence-electron chi connectivity index (χ0n) is 11.8. The minimum Gasteiger partial charge on any atom is -0.326 e. The highest BCUT2D eigenvalue weighted by atomic mass is 35.5. The first kappa shape index (κ1) is 15.7. The van der Waals surface area contributed by atoms with Crippen LogP contribution in [0.4, 0.5) is 0 Å². The highest BCUT2D eigenvalue weighted by Crippen LogP contribution is 2.27. The molecule has 2 aromatic rings. The lowest BCUT2D eigenvalue weighted by molar-refractivity contribution is 0.867. The van der Waals surface area contributed by atoms with Crippen LogP contribution in [0.3, 0.4) is 0 Å². The quantitative estimate of drug-likeness (QED) is 0.866. The fourth-order valence-electron chi connectivity index (χ4n) is 2.20. The predicted octanol–water partition coefficient (Wildman–Crippen LogP) is 4.67. The molecule has 19 heavy (non-hydrogen) atoms. The van der Waals surface area contributed by atoms with Crippen molar-refractivity contribution in [1.29, 1.82) is 0 Å². The second-order valence-electron chi connectivity index (χ2n) is 5.14. The fourth-order valence-corrected chi connectivity index (χ4v) is 2.20. The first-order chi connectivity index (χ1) is 8.61. The van der Waals surface area contributed by atoms with Crippen molar-refractivity contribution < 1.29 is 0 Å². The molecule has 0 spiro atoms. The number of rotatable bonds is 3. The van der Waals surface area contributed by atoms with Crippen molar-refractivity contribution in [1.82, 2.24) is 0 Å². The van der Waals surface area contributed by atoms with Crippen LogP contribution in [-0.2, 0) is 6.54 Å². The molecule has 2 heteroatoms. The first-order valence-electron chi connectivity index (χ1n) is 6.51. The Kier molecular flexibility index (Phi) is 5.59. The minimum atomic E-state index is 0. The number of hydrogen-bond acceptors (Lipinski definition) is 1. The topological polar surface area (TPSA) is 26.0 Å². The number of halogens is 1. The molecule has 0 atom stereocenters. The van der Waals surface area contributed by atoms with E-state index in [-0.39, 0.29) is 12.4 Å². The molecule has 0 aliphatic rings. The van der Waals surface area contributed by atoms with Crippen LogP contribution >= 0.6 is 12.4 Å². The van der Waals surface area contributed by atoms with Gasteiger partial charge in [0.15, 0.2) is 0 Å². The molecule has 0 aliphatic heterocycles. The van der Waals surface area contributed by atoms with Gasteiger partial charge in [-0.2, -0.15) is 0 Å². The monoisotopic (exact) mass is 275 g/mol. The summed E-state index contributed by atoms with van der Waals surface area (Å²) in [6.07, 6.45) is 0. The zero-order valence-corrected chi connectivity index (χ0v) is 12.6. The van der Waals surface area contributed by atoms with E-state index in [9.17, 15) is 0 Å². The molecular weight excluding hydrogens is 254 g/mol. The van der Waals surface area contributed by atoms with E-state index in [1.165, 1.54) is 27.8 Å². The van der Waals surface area contributed by atoms with E-state index in [4.69, 9.17) is 5.73 Å². The second-order valence-corrected chi connectivity index (χ2v) is 5.14. The Labute approximate surface area is 122 Å². The molecule has 0 aromatic heterocycles. The van der Waals surface area contributed by atoms with Crippen LogP contribution in [-0.4, -0.2) is 0 Å². The van der Waals surface area contributed by atoms with Crippen LogP contribution in [0.25, 0.3) is 11.1 Å². The van der Waals surface area contributed by atoms with Crippen LogP contribution in [0, 0.1) is 6.92 Å². The molecule has 0 bridgehead atoms. The molecule has 2 N–H and O–H groups in total. The number of nitrogens with two attached hydrogens (primary N) is 1. The largest absolute Gasteiger partial charge is 0.326 e. The van der Waals surface area contributed by atoms with Gasteiger partial charge in [-0.25, -0.2) is 0 Å². The van der Waals surface area contributed by atoms with Gasteiger partial charge in [0.1, 0.15) is 0 Å². The Bertz CT molecular complexity index is 547. The Morgan fingerprint density at radius 3 is 2.42 bits per heavy atom. The van der Waals surface area contributed by atoms with E-state index in [1.807, 2.05) is 0 Å². The van der Waals surface area contributed by atoms with E-state index in [0.717, 1.165) is 0 Å². The summed E-state index contributed by atoms with van der Waals surface area (Å²) >= 11 is 0. The van der Waals surface area contributed by atoms with Gasteiger partial charge in [-0.1, -0.05) is 61.9 Å². The molecule has 2 rings (SSSR count). The predicted molar refractivity (Wildman–Crippen MR) is 85.8 cm³/mol. The third kappa shape index (κ3) is 3.59. The van der Waals surface area contributed by atoms with E-state index in [1.54, 1.807) is 0 Å². The third-order valence-electron chi connectivity index (χ3n) is 3.35. The van der Waals surface area contributed by atoms with Crippen LogP contribution in [0.1, 0.15) is 36.5 Å². The number of aryl methyl sites for hydroxylation is 1. The highest BCUT2D eigenvalue weighted by molar-refractivity contribution is 5.85. The third-order valence-corrected chi connectivity index (χ3v) is 3.35. The van der Waals surface area contributed by atoms with Gasteiger partial charge >= 0.3 is 0 Å². The van der Waals surface area contributed by atoms with Crippen molar-refractivity contribution >= 4 is 12.4 Å². The summed E-state index contributed by atoms with van der Waals surface area (Å²) < 4.78 is 0. The van der Waals surface area contributed by atoms with E-state index >= 15 is 0 Å². The van der Waals surface area contributed by atoms with Gasteiger partial charge < -0.3 is 5.73 Å². The van der Waals surface area contributed by atoms with Crippen LogP contribution in [0.15, 0.2) is 42.5 Å². The Morgan fingerprint density at radius 1 is 1.05 bits per heavy atom. The van der Waals surface area contributed by atoms with Crippen molar-refractivity contribution in [3.63, 3.8) is 0 Å². The lowest BCUT2D eigenvalue weighted by Gasteiger charge is -2.12. The molecule has 0 heterocycles. The van der Waals surface area contributed by atoms with Crippen LogP contribution in [0.2, 0.25) is 0 Å². The first-order valence-corrected chi connectivity index (χ1v) is 6.51. The van der Waals surface area contributed by atoms with E-state index in [2.05, 4.69) is 63.2 Å². The summed E-state index contributed by atoms with van der Waals surface area (Å²) in [6, 6.07) is 15.2. The lowest BCUT2D eigenvalue weighted by atomic mass is 9.94.